The molecule has 0 fully saturated rings. The molecule has 0 saturated carbocycles. The summed E-state index contributed by atoms with van der Waals surface area (Å²) in [5.74, 6) is 0. The van der Waals surface area contributed by atoms with Gasteiger partial charge >= 0.3 is 0 Å². The van der Waals surface area contributed by atoms with Crippen molar-refractivity contribution >= 4 is 31.8 Å². The van der Waals surface area contributed by atoms with Crippen LogP contribution < -0.4 is 10.0 Å². The van der Waals surface area contributed by atoms with E-state index < -0.39 is 10.0 Å². The van der Waals surface area contributed by atoms with Crippen LogP contribution in [0.2, 0.25) is 0 Å². The maximum Gasteiger partial charge on any atom is 0.240 e. The van der Waals surface area contributed by atoms with Crippen LogP contribution in [0, 0.1) is 0 Å². The lowest BCUT2D eigenvalue weighted by Gasteiger charge is -2.15. The average molecular weight is 410 g/mol. The van der Waals surface area contributed by atoms with Gasteiger partial charge in [-0.25, -0.2) is 13.1 Å². The number of fused-ring (bicyclic) bond motifs is 2. The summed E-state index contributed by atoms with van der Waals surface area (Å²) in [6.45, 7) is 3.01. The third kappa shape index (κ3) is 4.45. The highest BCUT2D eigenvalue weighted by Crippen LogP contribution is 2.19. The second-order valence-electron chi connectivity index (χ2n) is 6.99. The minimum atomic E-state index is -3.60. The van der Waals surface area contributed by atoms with Gasteiger partial charge in [-0.15, -0.1) is 0 Å². The van der Waals surface area contributed by atoms with E-state index in [1.807, 2.05) is 31.2 Å². The topological polar surface area (TPSA) is 97.1 Å². The quantitative estimate of drug-likeness (QED) is 0.434. The smallest absolute Gasteiger partial charge is 0.240 e. The van der Waals surface area contributed by atoms with Crippen LogP contribution in [0.4, 0.5) is 0 Å². The lowest BCUT2D eigenvalue weighted by atomic mass is 10.2. The summed E-state index contributed by atoms with van der Waals surface area (Å²) < 4.78 is 33.4. The molecule has 0 saturated heterocycles. The molecule has 4 rings (SSSR count). The minimum absolute atomic E-state index is 0.247. The molecule has 0 aliphatic carbocycles. The number of para-hydroxylation sites is 1. The summed E-state index contributed by atoms with van der Waals surface area (Å²) in [7, 11) is -3.60. The van der Waals surface area contributed by atoms with Gasteiger partial charge in [-0.3, -0.25) is 4.98 Å². The van der Waals surface area contributed by atoms with Gasteiger partial charge in [-0.2, -0.15) is 0 Å². The molecular weight excluding hydrogens is 388 g/mol. The van der Waals surface area contributed by atoms with Crippen LogP contribution in [0.1, 0.15) is 12.6 Å². The Morgan fingerprint density at radius 2 is 1.97 bits per heavy atom. The fraction of sp³-hybridized carbons (Fsp3) is 0.238. The van der Waals surface area contributed by atoms with Crippen LogP contribution in [0.25, 0.3) is 21.7 Å². The highest BCUT2D eigenvalue weighted by atomic mass is 32.2. The van der Waals surface area contributed by atoms with E-state index in [2.05, 4.69) is 20.2 Å². The zero-order valence-corrected chi connectivity index (χ0v) is 16.8. The molecule has 29 heavy (non-hydrogen) atoms. The molecule has 0 aliphatic heterocycles. The summed E-state index contributed by atoms with van der Waals surface area (Å²) in [6, 6.07) is 14.3. The number of nitrogens with one attached hydrogen (secondary N) is 2. The predicted octanol–water partition coefficient (Wildman–Crippen LogP) is 2.88. The number of rotatable bonds is 8. The molecule has 8 heteroatoms. The normalized spacial score (nSPS) is 13.1. The molecule has 0 spiro atoms. The third-order valence-corrected chi connectivity index (χ3v) is 6.31. The SMILES string of the molecule is CC(CNCCc1noc2ccccc12)NS(=O)(=O)c1ccc2cnccc2c1. The van der Waals surface area contributed by atoms with E-state index in [-0.39, 0.29) is 10.9 Å². The van der Waals surface area contributed by atoms with Gasteiger partial charge in [-0.1, -0.05) is 23.4 Å². The molecular formula is C21H22N4O3S. The lowest BCUT2D eigenvalue weighted by Crippen LogP contribution is -2.40. The Morgan fingerprint density at radius 3 is 2.86 bits per heavy atom. The highest BCUT2D eigenvalue weighted by Gasteiger charge is 2.17. The van der Waals surface area contributed by atoms with Crippen LogP contribution in [-0.2, 0) is 16.4 Å². The van der Waals surface area contributed by atoms with Gasteiger partial charge in [0.1, 0.15) is 0 Å². The number of aromatic nitrogens is 2. The highest BCUT2D eigenvalue weighted by molar-refractivity contribution is 7.89. The third-order valence-electron chi connectivity index (χ3n) is 4.72. The van der Waals surface area contributed by atoms with Crippen LogP contribution in [0.15, 0.2) is 70.3 Å². The van der Waals surface area contributed by atoms with Gasteiger partial charge in [0, 0.05) is 48.7 Å². The van der Waals surface area contributed by atoms with Crippen molar-refractivity contribution in [2.24, 2.45) is 0 Å². The Labute approximate surface area is 169 Å². The van der Waals surface area contributed by atoms with Gasteiger partial charge < -0.3 is 9.84 Å². The molecule has 0 aliphatic rings. The Bertz CT molecular complexity index is 1240. The van der Waals surface area contributed by atoms with E-state index in [0.717, 1.165) is 27.4 Å². The average Bonchev–Trinajstić information content (AvgIpc) is 3.14. The monoisotopic (exact) mass is 410 g/mol. The fourth-order valence-corrected chi connectivity index (χ4v) is 4.53. The van der Waals surface area contributed by atoms with Crippen molar-refractivity contribution in [1.29, 1.82) is 0 Å². The van der Waals surface area contributed by atoms with Gasteiger partial charge in [0.2, 0.25) is 10.0 Å². The standard InChI is InChI=1S/C21H22N4O3S/c1-15(13-22-11-9-20-19-4-2-3-5-21(19)28-24-20)25-29(26,27)18-7-6-17-14-23-10-8-16(17)12-18/h2-8,10,12,14-15,22,25H,9,11,13H2,1H3. The fourth-order valence-electron chi connectivity index (χ4n) is 3.25. The van der Waals surface area contributed by atoms with Gasteiger partial charge in [-0.05, 0) is 42.6 Å². The number of benzene rings is 2. The minimum Gasteiger partial charge on any atom is -0.356 e. The molecule has 4 aromatic rings. The maximum absolute atomic E-state index is 12.7. The van der Waals surface area contributed by atoms with Crippen LogP contribution in [-0.4, -0.2) is 37.7 Å². The summed E-state index contributed by atoms with van der Waals surface area (Å²) in [5.41, 5.74) is 1.67. The summed E-state index contributed by atoms with van der Waals surface area (Å²) in [6.07, 6.45) is 4.07. The molecule has 2 N–H and O–H groups in total. The van der Waals surface area contributed by atoms with E-state index in [9.17, 15) is 8.42 Å². The Morgan fingerprint density at radius 1 is 1.10 bits per heavy atom. The van der Waals surface area contributed by atoms with E-state index in [1.165, 1.54) is 0 Å². The van der Waals surface area contributed by atoms with Gasteiger partial charge in [0.05, 0.1) is 10.6 Å². The van der Waals surface area contributed by atoms with Crippen molar-refractivity contribution in [2.45, 2.75) is 24.3 Å². The van der Waals surface area contributed by atoms with Crippen molar-refractivity contribution < 1.29 is 12.9 Å². The predicted molar refractivity (Wildman–Crippen MR) is 112 cm³/mol. The molecule has 0 bridgehead atoms. The maximum atomic E-state index is 12.7. The number of sulfonamides is 1. The summed E-state index contributed by atoms with van der Waals surface area (Å²) in [4.78, 5) is 4.29. The van der Waals surface area contributed by atoms with Gasteiger partial charge in [0.15, 0.2) is 5.58 Å². The largest absolute Gasteiger partial charge is 0.356 e. The van der Waals surface area contributed by atoms with Crippen LogP contribution in [0.5, 0.6) is 0 Å². The molecule has 2 heterocycles. The lowest BCUT2D eigenvalue weighted by molar-refractivity contribution is 0.444. The first-order valence-electron chi connectivity index (χ1n) is 9.43. The molecule has 1 unspecified atom stereocenters. The van der Waals surface area contributed by atoms with Crippen molar-refractivity contribution in [3.05, 3.63) is 66.6 Å². The number of hydrogen-bond donors (Lipinski definition) is 2. The van der Waals surface area contributed by atoms with E-state index >= 15 is 0 Å². The van der Waals surface area contributed by atoms with Crippen molar-refractivity contribution in [3.63, 3.8) is 0 Å². The Kier molecular flexibility index (Phi) is 5.57. The Balaban J connectivity index is 1.32. The summed E-state index contributed by atoms with van der Waals surface area (Å²) in [5, 5.41) is 10.1. The second kappa shape index (κ2) is 8.28. The first-order valence-corrected chi connectivity index (χ1v) is 10.9. The zero-order chi connectivity index (χ0) is 20.3. The Hall–Kier alpha value is -2.81. The molecule has 1 atom stereocenters. The second-order valence-corrected chi connectivity index (χ2v) is 8.70. The van der Waals surface area contributed by atoms with Crippen LogP contribution >= 0.6 is 0 Å². The zero-order valence-electron chi connectivity index (χ0n) is 16.0. The molecule has 0 radical (unpaired) electrons. The first kappa shape index (κ1) is 19.5. The first-order chi connectivity index (χ1) is 14.0. The van der Waals surface area contributed by atoms with Gasteiger partial charge in [0.25, 0.3) is 0 Å². The number of nitrogens with zero attached hydrogens (tertiary/aromatic N) is 2. The van der Waals surface area contributed by atoms with Crippen molar-refractivity contribution in [3.8, 4) is 0 Å². The van der Waals surface area contributed by atoms with Crippen LogP contribution in [0.3, 0.4) is 0 Å². The van der Waals surface area contributed by atoms with E-state index in [4.69, 9.17) is 4.52 Å². The number of hydrogen-bond acceptors (Lipinski definition) is 6. The van der Waals surface area contributed by atoms with E-state index in [1.54, 1.807) is 36.7 Å². The molecule has 2 aromatic carbocycles. The summed E-state index contributed by atoms with van der Waals surface area (Å²) >= 11 is 0. The number of pyridine rings is 1. The molecule has 7 nitrogen and oxygen atoms in total. The van der Waals surface area contributed by atoms with Crippen molar-refractivity contribution in [2.75, 3.05) is 13.1 Å². The molecule has 2 aromatic heterocycles. The molecule has 150 valence electrons. The van der Waals surface area contributed by atoms with E-state index in [0.29, 0.717) is 19.5 Å². The van der Waals surface area contributed by atoms with Crippen molar-refractivity contribution in [1.82, 2.24) is 20.2 Å². The molecule has 0 amide bonds.